The van der Waals surface area contributed by atoms with Gasteiger partial charge in [-0.15, -0.1) is 0 Å². The quantitative estimate of drug-likeness (QED) is 0.136. The largest absolute Gasteiger partial charge is 0.491 e. The fraction of sp³-hybridized carbons (Fsp3) is 0.531. The number of carbonyl (C=O) groups excluding carboxylic acids is 2. The van der Waals surface area contributed by atoms with Crippen LogP contribution in [0.4, 0.5) is 4.79 Å². The monoisotopic (exact) mass is 616 g/mol. The van der Waals surface area contributed by atoms with Crippen molar-refractivity contribution in [3.05, 3.63) is 65.7 Å². The zero-order chi connectivity index (χ0) is 32.7. The first-order valence-corrected chi connectivity index (χ1v) is 14.8. The summed E-state index contributed by atoms with van der Waals surface area (Å²) in [7, 11) is 0. The summed E-state index contributed by atoms with van der Waals surface area (Å²) in [4.78, 5) is 36.6. The van der Waals surface area contributed by atoms with Crippen LogP contribution in [0.3, 0.4) is 0 Å². The number of carboxylic acids is 1. The lowest BCUT2D eigenvalue weighted by molar-refractivity contribution is -0.143. The predicted octanol–water partition coefficient (Wildman–Crippen LogP) is 2.22. The van der Waals surface area contributed by atoms with Crippen molar-refractivity contribution in [3.63, 3.8) is 0 Å². The van der Waals surface area contributed by atoms with Gasteiger partial charge in [0.05, 0.1) is 25.3 Å². The van der Waals surface area contributed by atoms with Crippen molar-refractivity contribution in [1.82, 2.24) is 16.0 Å². The zero-order valence-corrected chi connectivity index (χ0v) is 26.2. The van der Waals surface area contributed by atoms with E-state index in [1.165, 1.54) is 0 Å². The summed E-state index contributed by atoms with van der Waals surface area (Å²) in [6.07, 6.45) is -2.05. The molecule has 0 radical (unpaired) electrons. The van der Waals surface area contributed by atoms with Crippen molar-refractivity contribution in [1.29, 1.82) is 0 Å². The highest BCUT2D eigenvalue weighted by Gasteiger charge is 2.34. The molecule has 0 aliphatic carbocycles. The Morgan fingerprint density at radius 2 is 1.64 bits per heavy atom. The van der Waals surface area contributed by atoms with E-state index in [0.717, 1.165) is 11.1 Å². The molecule has 7 N–H and O–H groups in total. The number of aliphatic hydroxyl groups excluding tert-OH is 1. The second kappa shape index (κ2) is 18.2. The third-order valence-electron chi connectivity index (χ3n) is 6.51. The molecule has 0 aliphatic rings. The van der Waals surface area contributed by atoms with Gasteiger partial charge < -0.3 is 40.8 Å². The highest BCUT2D eigenvalue weighted by Crippen LogP contribution is 2.16. The van der Waals surface area contributed by atoms with Crippen LogP contribution in [-0.4, -0.2) is 84.4 Å². The molecule has 0 saturated carbocycles. The summed E-state index contributed by atoms with van der Waals surface area (Å²) in [6, 6.07) is 13.3. The molecule has 4 atom stereocenters. The number of nitrogens with one attached hydrogen (secondary N) is 3. The fourth-order valence-corrected chi connectivity index (χ4v) is 4.13. The Morgan fingerprint density at radius 1 is 0.955 bits per heavy atom. The van der Waals surface area contributed by atoms with Crippen LogP contribution in [-0.2, 0) is 32.0 Å². The number of rotatable bonds is 18. The van der Waals surface area contributed by atoms with Crippen LogP contribution in [0.5, 0.6) is 5.75 Å². The van der Waals surface area contributed by atoms with E-state index < -0.39 is 41.9 Å². The second-order valence-corrected chi connectivity index (χ2v) is 11.8. The summed E-state index contributed by atoms with van der Waals surface area (Å²) in [6.45, 7) is 10.3. The molecule has 0 unspecified atom stereocenters. The maximum absolute atomic E-state index is 12.6. The second-order valence-electron chi connectivity index (χ2n) is 11.8. The third kappa shape index (κ3) is 13.7. The van der Waals surface area contributed by atoms with E-state index in [1.807, 2.05) is 44.2 Å². The predicted molar refractivity (Wildman–Crippen MR) is 166 cm³/mol. The first-order chi connectivity index (χ1) is 20.8. The number of hydrogen-bond acceptors (Lipinski definition) is 9. The van der Waals surface area contributed by atoms with Gasteiger partial charge in [-0.25, -0.2) is 4.79 Å². The van der Waals surface area contributed by atoms with E-state index in [1.54, 1.807) is 45.0 Å². The summed E-state index contributed by atoms with van der Waals surface area (Å²) in [5.41, 5.74) is 6.57. The lowest BCUT2D eigenvalue weighted by Gasteiger charge is -2.30. The van der Waals surface area contributed by atoms with E-state index in [-0.39, 0.29) is 31.4 Å². The number of aliphatic carboxylic acids is 1. The number of carboxylic acid groups (broad SMARTS) is 1. The Hall–Kier alpha value is -3.71. The maximum atomic E-state index is 12.6. The highest BCUT2D eigenvalue weighted by molar-refractivity contribution is 5.81. The average molecular weight is 617 g/mol. The molecule has 44 heavy (non-hydrogen) atoms. The molecule has 0 bridgehead atoms. The number of amides is 2. The van der Waals surface area contributed by atoms with Gasteiger partial charge in [0.25, 0.3) is 0 Å². The lowest BCUT2D eigenvalue weighted by Crippen LogP contribution is -2.57. The number of aliphatic hydroxyl groups is 1. The number of benzene rings is 2. The topological polar surface area (TPSA) is 181 Å². The Morgan fingerprint density at radius 3 is 2.27 bits per heavy atom. The standard InChI is InChI=1S/C32H48N4O8/c1-21(2)26(33)29(38)34-14-15-42-16-17-43-24-13-9-12-23(18-24)20-35-27(30(39)40)28(37)25(19-22-10-7-6-8-11-22)36-31(41)44-32(3,4)5/h6-13,18,21,25-28,35,37H,14-17,19-20,33H2,1-5H3,(H,34,38)(H,36,41)(H,39,40)/t25-,26-,27+,28+/m0/s1. The average Bonchev–Trinajstić information content (AvgIpc) is 2.95. The van der Waals surface area contributed by atoms with Gasteiger partial charge >= 0.3 is 12.1 Å². The molecule has 2 amide bonds. The van der Waals surface area contributed by atoms with Gasteiger partial charge in [-0.3, -0.25) is 14.9 Å². The first-order valence-electron chi connectivity index (χ1n) is 14.8. The molecule has 12 heteroatoms. The SMILES string of the molecule is CC(C)[C@H](N)C(=O)NCCOCCOc1cccc(CN[C@@H](C(=O)O)[C@H](O)[C@H](Cc2ccccc2)NC(=O)OC(C)(C)C)c1. The minimum atomic E-state index is -1.48. The summed E-state index contributed by atoms with van der Waals surface area (Å²) in [5.74, 6) is -0.874. The number of hydrogen-bond donors (Lipinski definition) is 6. The molecule has 0 fully saturated rings. The summed E-state index contributed by atoms with van der Waals surface area (Å²) < 4.78 is 16.6. The Balaban J connectivity index is 1.92. The van der Waals surface area contributed by atoms with Gasteiger partial charge in [0.15, 0.2) is 0 Å². The molecule has 244 valence electrons. The van der Waals surface area contributed by atoms with Crippen LogP contribution in [0.2, 0.25) is 0 Å². The normalized spacial score (nSPS) is 14.3. The van der Waals surface area contributed by atoms with Crippen LogP contribution in [0.15, 0.2) is 54.6 Å². The molecule has 2 aromatic carbocycles. The summed E-state index contributed by atoms with van der Waals surface area (Å²) in [5, 5.41) is 29.4. The van der Waals surface area contributed by atoms with E-state index in [9.17, 15) is 24.6 Å². The van der Waals surface area contributed by atoms with E-state index >= 15 is 0 Å². The molecule has 12 nitrogen and oxygen atoms in total. The molecule has 0 spiro atoms. The van der Waals surface area contributed by atoms with Crippen molar-refractivity contribution in [2.45, 2.75) is 77.4 Å². The molecule has 0 aromatic heterocycles. The molecule has 0 saturated heterocycles. The van der Waals surface area contributed by atoms with Crippen LogP contribution in [0.1, 0.15) is 45.7 Å². The molecule has 2 aromatic rings. The number of ether oxygens (including phenoxy) is 3. The Kier molecular flexibility index (Phi) is 15.1. The molecule has 2 rings (SSSR count). The van der Waals surface area contributed by atoms with E-state index in [0.29, 0.717) is 25.5 Å². The molecular weight excluding hydrogens is 568 g/mol. The Bertz CT molecular complexity index is 1170. The van der Waals surface area contributed by atoms with Gasteiger partial charge in [-0.05, 0) is 56.4 Å². The Labute approximate surface area is 259 Å². The van der Waals surface area contributed by atoms with Crippen molar-refractivity contribution >= 4 is 18.0 Å². The molecular formula is C32H48N4O8. The van der Waals surface area contributed by atoms with E-state index in [4.69, 9.17) is 19.9 Å². The van der Waals surface area contributed by atoms with Gasteiger partial charge in [-0.2, -0.15) is 0 Å². The van der Waals surface area contributed by atoms with Crippen molar-refractivity contribution in [3.8, 4) is 5.75 Å². The minimum absolute atomic E-state index is 0.0492. The zero-order valence-electron chi connectivity index (χ0n) is 26.2. The lowest BCUT2D eigenvalue weighted by atomic mass is 9.96. The van der Waals surface area contributed by atoms with Crippen molar-refractivity contribution in [2.75, 3.05) is 26.4 Å². The van der Waals surface area contributed by atoms with Crippen LogP contribution < -0.4 is 26.4 Å². The number of nitrogens with two attached hydrogens (primary N) is 1. The van der Waals surface area contributed by atoms with Gasteiger partial charge in [0.1, 0.15) is 30.1 Å². The highest BCUT2D eigenvalue weighted by atomic mass is 16.6. The van der Waals surface area contributed by atoms with Crippen LogP contribution in [0, 0.1) is 5.92 Å². The van der Waals surface area contributed by atoms with Gasteiger partial charge in [0, 0.05) is 13.1 Å². The molecule has 0 heterocycles. The van der Waals surface area contributed by atoms with Crippen molar-refractivity contribution < 1.29 is 38.8 Å². The van der Waals surface area contributed by atoms with Crippen molar-refractivity contribution in [2.24, 2.45) is 11.7 Å². The first kappa shape index (κ1) is 36.5. The van der Waals surface area contributed by atoms with Crippen LogP contribution in [0.25, 0.3) is 0 Å². The minimum Gasteiger partial charge on any atom is -0.491 e. The van der Waals surface area contributed by atoms with Gasteiger partial charge in [0.2, 0.25) is 5.91 Å². The number of alkyl carbamates (subject to hydrolysis) is 1. The third-order valence-corrected chi connectivity index (χ3v) is 6.51. The van der Waals surface area contributed by atoms with Crippen LogP contribution >= 0.6 is 0 Å². The molecule has 0 aliphatic heterocycles. The fourth-order valence-electron chi connectivity index (χ4n) is 4.13. The number of carbonyl (C=O) groups is 3. The van der Waals surface area contributed by atoms with Gasteiger partial charge in [-0.1, -0.05) is 56.3 Å². The van der Waals surface area contributed by atoms with E-state index in [2.05, 4.69) is 16.0 Å². The maximum Gasteiger partial charge on any atom is 0.407 e. The summed E-state index contributed by atoms with van der Waals surface area (Å²) >= 11 is 0. The smallest absolute Gasteiger partial charge is 0.407 e.